The lowest BCUT2D eigenvalue weighted by Crippen LogP contribution is -2.16. The molecule has 4 heteroatoms. The zero-order valence-electron chi connectivity index (χ0n) is 9.53. The van der Waals surface area contributed by atoms with E-state index in [0.717, 1.165) is 6.42 Å². The lowest BCUT2D eigenvalue weighted by Gasteiger charge is -2.12. The van der Waals surface area contributed by atoms with Gasteiger partial charge in [-0.1, -0.05) is 26.2 Å². The summed E-state index contributed by atoms with van der Waals surface area (Å²) in [5.41, 5.74) is 6.10. The first-order valence-corrected chi connectivity index (χ1v) is 5.56. The van der Waals surface area contributed by atoms with Crippen molar-refractivity contribution < 1.29 is 0 Å². The molecule has 84 valence electrons. The van der Waals surface area contributed by atoms with E-state index in [1.165, 1.54) is 19.3 Å². The normalized spacial score (nSPS) is 12.4. The minimum Gasteiger partial charge on any atom is -0.396 e. The summed E-state index contributed by atoms with van der Waals surface area (Å²) in [7, 11) is 0. The van der Waals surface area contributed by atoms with Crippen molar-refractivity contribution >= 4 is 11.6 Å². The Kier molecular flexibility index (Phi) is 4.87. The average Bonchev–Trinajstić information content (AvgIpc) is 2.22. The smallest absolute Gasteiger partial charge is 0.222 e. The molecule has 0 spiro atoms. The summed E-state index contributed by atoms with van der Waals surface area (Å²) in [6.45, 7) is 4.36. The van der Waals surface area contributed by atoms with E-state index in [-0.39, 0.29) is 0 Å². The summed E-state index contributed by atoms with van der Waals surface area (Å²) < 4.78 is 0. The first-order chi connectivity index (χ1) is 7.22. The number of nitrogens with two attached hydrogens (primary N) is 1. The molecule has 1 atom stereocenters. The third kappa shape index (κ3) is 4.63. The van der Waals surface area contributed by atoms with Crippen molar-refractivity contribution in [3.63, 3.8) is 0 Å². The van der Waals surface area contributed by atoms with Crippen LogP contribution in [0.5, 0.6) is 0 Å². The van der Waals surface area contributed by atoms with Gasteiger partial charge in [0.15, 0.2) is 0 Å². The number of hydrogen-bond acceptors (Lipinski definition) is 4. The molecular weight excluding hydrogens is 188 g/mol. The number of rotatable bonds is 6. The van der Waals surface area contributed by atoms with Crippen molar-refractivity contribution in [3.05, 3.63) is 12.4 Å². The average molecular weight is 208 g/mol. The highest BCUT2D eigenvalue weighted by molar-refractivity contribution is 5.36. The molecule has 1 unspecified atom stereocenters. The topological polar surface area (TPSA) is 63.8 Å². The van der Waals surface area contributed by atoms with Gasteiger partial charge in [-0.05, 0) is 13.3 Å². The molecule has 0 bridgehead atoms. The largest absolute Gasteiger partial charge is 0.396 e. The van der Waals surface area contributed by atoms with Gasteiger partial charge in [0.2, 0.25) is 5.95 Å². The van der Waals surface area contributed by atoms with Gasteiger partial charge < -0.3 is 11.1 Å². The summed E-state index contributed by atoms with van der Waals surface area (Å²) in [6, 6.07) is 0.417. The van der Waals surface area contributed by atoms with Crippen LogP contribution in [0.3, 0.4) is 0 Å². The predicted octanol–water partition coefficient (Wildman–Crippen LogP) is 2.44. The van der Waals surface area contributed by atoms with Crippen LogP contribution in [0.15, 0.2) is 12.4 Å². The molecule has 1 aromatic rings. The summed E-state index contributed by atoms with van der Waals surface area (Å²) in [5.74, 6) is 0.660. The maximum atomic E-state index is 5.50. The molecule has 1 rings (SSSR count). The van der Waals surface area contributed by atoms with Gasteiger partial charge in [0.05, 0.1) is 18.1 Å². The van der Waals surface area contributed by atoms with E-state index in [4.69, 9.17) is 5.73 Å². The van der Waals surface area contributed by atoms with E-state index in [0.29, 0.717) is 17.7 Å². The highest BCUT2D eigenvalue weighted by atomic mass is 15.1. The molecule has 4 nitrogen and oxygen atoms in total. The van der Waals surface area contributed by atoms with Gasteiger partial charge in [-0.3, -0.25) is 0 Å². The molecular formula is C11H20N4. The van der Waals surface area contributed by atoms with Gasteiger partial charge >= 0.3 is 0 Å². The van der Waals surface area contributed by atoms with Gasteiger partial charge in [-0.25, -0.2) is 9.97 Å². The Bertz CT molecular complexity index is 270. The molecule has 1 heterocycles. The molecule has 0 aromatic carbocycles. The fourth-order valence-corrected chi connectivity index (χ4v) is 1.41. The van der Waals surface area contributed by atoms with E-state index >= 15 is 0 Å². The third-order valence-electron chi connectivity index (χ3n) is 2.29. The number of anilines is 2. The van der Waals surface area contributed by atoms with Crippen molar-refractivity contribution in [2.24, 2.45) is 0 Å². The van der Waals surface area contributed by atoms with Crippen LogP contribution in [0.25, 0.3) is 0 Å². The van der Waals surface area contributed by atoms with E-state index in [2.05, 4.69) is 29.1 Å². The van der Waals surface area contributed by atoms with Crippen LogP contribution in [0, 0.1) is 0 Å². The van der Waals surface area contributed by atoms with Gasteiger partial charge in [-0.15, -0.1) is 0 Å². The molecule has 0 aliphatic rings. The maximum Gasteiger partial charge on any atom is 0.222 e. The first kappa shape index (κ1) is 11.8. The van der Waals surface area contributed by atoms with E-state index in [1.807, 2.05) is 0 Å². The van der Waals surface area contributed by atoms with Crippen LogP contribution in [-0.4, -0.2) is 16.0 Å². The lowest BCUT2D eigenvalue weighted by molar-refractivity contribution is 0.612. The standard InChI is InChI=1S/C11H20N4/c1-3-4-5-6-9(2)15-11-13-7-10(12)8-14-11/h7-9H,3-6,12H2,1-2H3,(H,13,14,15). The molecule has 15 heavy (non-hydrogen) atoms. The van der Waals surface area contributed by atoms with Crippen LogP contribution in [-0.2, 0) is 0 Å². The Balaban J connectivity index is 2.31. The Morgan fingerprint density at radius 3 is 2.60 bits per heavy atom. The minimum atomic E-state index is 0.417. The minimum absolute atomic E-state index is 0.417. The highest BCUT2D eigenvalue weighted by Crippen LogP contribution is 2.08. The summed E-state index contributed by atoms with van der Waals surface area (Å²) in [6.07, 6.45) is 8.18. The summed E-state index contributed by atoms with van der Waals surface area (Å²) in [4.78, 5) is 8.20. The van der Waals surface area contributed by atoms with Gasteiger partial charge in [0.25, 0.3) is 0 Å². The predicted molar refractivity (Wildman–Crippen MR) is 63.7 cm³/mol. The second-order valence-corrected chi connectivity index (χ2v) is 3.88. The quantitative estimate of drug-likeness (QED) is 0.705. The molecule has 0 radical (unpaired) electrons. The highest BCUT2D eigenvalue weighted by Gasteiger charge is 2.02. The number of nitrogens with zero attached hydrogens (tertiary/aromatic N) is 2. The second kappa shape index (κ2) is 6.22. The zero-order chi connectivity index (χ0) is 11.1. The Morgan fingerprint density at radius 2 is 2.00 bits per heavy atom. The maximum absolute atomic E-state index is 5.50. The fraction of sp³-hybridized carbons (Fsp3) is 0.636. The summed E-state index contributed by atoms with van der Waals surface area (Å²) >= 11 is 0. The number of nitrogen functional groups attached to an aromatic ring is 1. The molecule has 0 saturated carbocycles. The molecule has 0 saturated heterocycles. The van der Waals surface area contributed by atoms with Gasteiger partial charge in [0.1, 0.15) is 0 Å². The van der Waals surface area contributed by atoms with Crippen molar-refractivity contribution in [1.29, 1.82) is 0 Å². The Labute approximate surface area is 91.3 Å². The van der Waals surface area contributed by atoms with Gasteiger partial charge in [-0.2, -0.15) is 0 Å². The van der Waals surface area contributed by atoms with Crippen LogP contribution in [0.1, 0.15) is 39.5 Å². The zero-order valence-corrected chi connectivity index (χ0v) is 9.53. The fourth-order valence-electron chi connectivity index (χ4n) is 1.41. The molecule has 3 N–H and O–H groups in total. The molecule has 0 amide bonds. The van der Waals surface area contributed by atoms with Crippen LogP contribution in [0.4, 0.5) is 11.6 Å². The molecule has 1 aromatic heterocycles. The molecule has 0 aliphatic heterocycles. The van der Waals surface area contributed by atoms with Gasteiger partial charge in [0, 0.05) is 6.04 Å². The van der Waals surface area contributed by atoms with E-state index in [9.17, 15) is 0 Å². The van der Waals surface area contributed by atoms with Crippen LogP contribution >= 0.6 is 0 Å². The number of hydrogen-bond donors (Lipinski definition) is 2. The van der Waals surface area contributed by atoms with Crippen molar-refractivity contribution in [3.8, 4) is 0 Å². The van der Waals surface area contributed by atoms with Crippen molar-refractivity contribution in [1.82, 2.24) is 9.97 Å². The Hall–Kier alpha value is -1.32. The monoisotopic (exact) mass is 208 g/mol. The van der Waals surface area contributed by atoms with E-state index in [1.54, 1.807) is 12.4 Å². The number of nitrogens with one attached hydrogen (secondary N) is 1. The summed E-state index contributed by atoms with van der Waals surface area (Å²) in [5, 5.41) is 3.25. The number of aromatic nitrogens is 2. The van der Waals surface area contributed by atoms with Crippen molar-refractivity contribution in [2.75, 3.05) is 11.1 Å². The van der Waals surface area contributed by atoms with Crippen molar-refractivity contribution in [2.45, 2.75) is 45.6 Å². The third-order valence-corrected chi connectivity index (χ3v) is 2.29. The van der Waals surface area contributed by atoms with Crippen LogP contribution < -0.4 is 11.1 Å². The SMILES string of the molecule is CCCCCC(C)Nc1ncc(N)cn1. The molecule has 0 fully saturated rings. The number of unbranched alkanes of at least 4 members (excludes halogenated alkanes) is 2. The molecule has 0 aliphatic carbocycles. The first-order valence-electron chi connectivity index (χ1n) is 5.56. The van der Waals surface area contributed by atoms with E-state index < -0.39 is 0 Å². The lowest BCUT2D eigenvalue weighted by atomic mass is 10.1. The second-order valence-electron chi connectivity index (χ2n) is 3.88. The van der Waals surface area contributed by atoms with Crippen LogP contribution in [0.2, 0.25) is 0 Å². The Morgan fingerprint density at radius 1 is 1.33 bits per heavy atom.